The van der Waals surface area contributed by atoms with Gasteiger partial charge in [-0.05, 0) is 78.7 Å². The van der Waals surface area contributed by atoms with E-state index in [1.807, 2.05) is 49.5 Å². The number of aliphatic hydroxyl groups excluding tert-OH is 1. The van der Waals surface area contributed by atoms with Gasteiger partial charge in [-0.15, -0.1) is 0 Å². The molecule has 1 fully saturated rings. The van der Waals surface area contributed by atoms with Crippen molar-refractivity contribution in [1.82, 2.24) is 4.31 Å². The smallest absolute Gasteiger partial charge is 0.243 e. The minimum absolute atomic E-state index is 0.0414. The molecule has 0 radical (unpaired) electrons. The van der Waals surface area contributed by atoms with Gasteiger partial charge in [0, 0.05) is 36.3 Å². The van der Waals surface area contributed by atoms with Crippen LogP contribution in [-0.2, 0) is 10.0 Å². The van der Waals surface area contributed by atoms with E-state index in [1.54, 1.807) is 42.8 Å². The molecule has 1 N–H and O–H groups in total. The van der Waals surface area contributed by atoms with Crippen molar-refractivity contribution in [1.29, 1.82) is 0 Å². The van der Waals surface area contributed by atoms with Gasteiger partial charge in [0.15, 0.2) is 0 Å². The molecular weight excluding hydrogens is 488 g/mol. The molecule has 0 bridgehead atoms. The second kappa shape index (κ2) is 10.1. The SMILES string of the molecule is COc1ccc(C#Cc2ccc3c(c2)[C@@H]2[C@@H](CCN2S(=O)(=O)c2ccc(OC)cc2)[C@@H](CO)N3C)cc1. The molecule has 3 atom stereocenters. The molecule has 192 valence electrons. The first-order chi connectivity index (χ1) is 17.9. The third-order valence-electron chi connectivity index (χ3n) is 7.41. The van der Waals surface area contributed by atoms with Crippen LogP contribution < -0.4 is 14.4 Å². The lowest BCUT2D eigenvalue weighted by atomic mass is 9.82. The van der Waals surface area contributed by atoms with Gasteiger partial charge in [-0.3, -0.25) is 0 Å². The molecule has 3 aromatic carbocycles. The van der Waals surface area contributed by atoms with Crippen LogP contribution in [0.1, 0.15) is 29.2 Å². The maximum Gasteiger partial charge on any atom is 0.243 e. The quantitative estimate of drug-likeness (QED) is 0.520. The fraction of sp³-hybridized carbons (Fsp3) is 0.310. The van der Waals surface area contributed by atoms with Crippen LogP contribution in [0.3, 0.4) is 0 Å². The molecule has 5 rings (SSSR count). The number of likely N-dealkylation sites (N-methyl/N-ethyl adjacent to an activating group) is 1. The lowest BCUT2D eigenvalue weighted by Gasteiger charge is -2.44. The molecule has 0 amide bonds. The maximum atomic E-state index is 13.8. The molecule has 0 aliphatic carbocycles. The number of sulfonamides is 1. The number of hydrogen-bond donors (Lipinski definition) is 1. The summed E-state index contributed by atoms with van der Waals surface area (Å²) in [4.78, 5) is 2.30. The van der Waals surface area contributed by atoms with E-state index in [1.165, 1.54) is 0 Å². The van der Waals surface area contributed by atoms with Crippen LogP contribution in [0.2, 0.25) is 0 Å². The standard InChI is InChI=1S/C29H30N2O5S/c1-30-27-15-8-21(5-4-20-6-9-22(35-2)10-7-20)18-26(27)29-25(28(30)19-32)16-17-31(29)37(33,34)24-13-11-23(36-3)12-14-24/h6-15,18,25,28-29,32H,16-17,19H2,1-3H3/t25-,28+,29-/m0/s1. The van der Waals surface area contributed by atoms with Crippen LogP contribution in [0.5, 0.6) is 11.5 Å². The molecule has 1 saturated heterocycles. The number of benzene rings is 3. The zero-order valence-corrected chi connectivity index (χ0v) is 21.9. The highest BCUT2D eigenvalue weighted by atomic mass is 32.2. The molecule has 3 aromatic rings. The Labute approximate surface area is 218 Å². The van der Waals surface area contributed by atoms with Gasteiger partial charge in [-0.2, -0.15) is 4.31 Å². The predicted molar refractivity (Wildman–Crippen MR) is 142 cm³/mol. The van der Waals surface area contributed by atoms with Crippen molar-refractivity contribution in [3.8, 4) is 23.3 Å². The molecule has 2 heterocycles. The number of ether oxygens (including phenoxy) is 2. The van der Waals surface area contributed by atoms with E-state index in [9.17, 15) is 13.5 Å². The number of fused-ring (bicyclic) bond motifs is 3. The Morgan fingerprint density at radius 2 is 1.51 bits per heavy atom. The van der Waals surface area contributed by atoms with Gasteiger partial charge in [0.1, 0.15) is 11.5 Å². The number of anilines is 1. The van der Waals surface area contributed by atoms with Crippen LogP contribution in [0, 0.1) is 17.8 Å². The highest BCUT2D eigenvalue weighted by Crippen LogP contribution is 2.50. The zero-order chi connectivity index (χ0) is 26.2. The lowest BCUT2D eigenvalue weighted by Crippen LogP contribution is -2.48. The zero-order valence-electron chi connectivity index (χ0n) is 21.1. The average Bonchev–Trinajstić information content (AvgIpc) is 3.38. The number of nitrogens with zero attached hydrogens (tertiary/aromatic N) is 2. The normalized spacial score (nSPS) is 21.0. The molecule has 8 heteroatoms. The number of methoxy groups -OCH3 is 2. The van der Waals surface area contributed by atoms with Crippen molar-refractivity contribution in [3.63, 3.8) is 0 Å². The summed E-state index contributed by atoms with van der Waals surface area (Å²) in [6, 6.07) is 19.4. The van der Waals surface area contributed by atoms with Crippen LogP contribution in [0.4, 0.5) is 5.69 Å². The average molecular weight is 519 g/mol. The Morgan fingerprint density at radius 1 is 0.919 bits per heavy atom. The van der Waals surface area contributed by atoms with Crippen molar-refractivity contribution in [2.45, 2.75) is 23.4 Å². The summed E-state index contributed by atoms with van der Waals surface area (Å²) in [5.41, 5.74) is 3.48. The van der Waals surface area contributed by atoms with Crippen molar-refractivity contribution < 1.29 is 23.0 Å². The molecule has 0 aromatic heterocycles. The summed E-state index contributed by atoms with van der Waals surface area (Å²) in [6.07, 6.45) is 0.664. The molecule has 0 unspecified atom stereocenters. The number of aliphatic hydroxyl groups is 1. The van der Waals surface area contributed by atoms with E-state index in [0.29, 0.717) is 18.7 Å². The predicted octanol–water partition coefficient (Wildman–Crippen LogP) is 3.67. The molecule has 0 saturated carbocycles. The van der Waals surface area contributed by atoms with E-state index in [0.717, 1.165) is 28.1 Å². The summed E-state index contributed by atoms with van der Waals surface area (Å²) in [6.45, 7) is 0.335. The molecule has 7 nitrogen and oxygen atoms in total. The summed E-state index contributed by atoms with van der Waals surface area (Å²) in [5, 5.41) is 10.2. The fourth-order valence-corrected chi connectivity index (χ4v) is 7.13. The summed E-state index contributed by atoms with van der Waals surface area (Å²) in [5.74, 6) is 7.74. The van der Waals surface area contributed by atoms with E-state index in [4.69, 9.17) is 9.47 Å². The molecular formula is C29H30N2O5S. The van der Waals surface area contributed by atoms with Gasteiger partial charge >= 0.3 is 0 Å². The minimum Gasteiger partial charge on any atom is -0.497 e. The van der Waals surface area contributed by atoms with Gasteiger partial charge < -0.3 is 19.5 Å². The second-order valence-electron chi connectivity index (χ2n) is 9.30. The van der Waals surface area contributed by atoms with Gasteiger partial charge in [0.05, 0.1) is 37.8 Å². The Morgan fingerprint density at radius 3 is 2.14 bits per heavy atom. The Bertz CT molecular complexity index is 1440. The number of hydrogen-bond acceptors (Lipinski definition) is 6. The van der Waals surface area contributed by atoms with Gasteiger partial charge in [0.2, 0.25) is 10.0 Å². The van der Waals surface area contributed by atoms with Crippen molar-refractivity contribution in [3.05, 3.63) is 83.4 Å². The number of rotatable bonds is 5. The van der Waals surface area contributed by atoms with Gasteiger partial charge in [-0.25, -0.2) is 8.42 Å². The van der Waals surface area contributed by atoms with Crippen LogP contribution >= 0.6 is 0 Å². The summed E-state index contributed by atoms with van der Waals surface area (Å²) in [7, 11) is 1.36. The fourth-order valence-electron chi connectivity index (χ4n) is 5.46. The van der Waals surface area contributed by atoms with Crippen LogP contribution in [0.15, 0.2) is 71.6 Å². The summed E-state index contributed by atoms with van der Waals surface area (Å²) < 4.78 is 39.6. The highest BCUT2D eigenvalue weighted by Gasteiger charge is 2.50. The van der Waals surface area contributed by atoms with E-state index in [-0.39, 0.29) is 23.5 Å². The Hall–Kier alpha value is -3.51. The van der Waals surface area contributed by atoms with E-state index >= 15 is 0 Å². The molecule has 2 aliphatic heterocycles. The third-order valence-corrected chi connectivity index (χ3v) is 9.31. The first-order valence-corrected chi connectivity index (χ1v) is 13.6. The third kappa shape index (κ3) is 4.55. The monoisotopic (exact) mass is 518 g/mol. The van der Waals surface area contributed by atoms with Crippen molar-refractivity contribution >= 4 is 15.7 Å². The van der Waals surface area contributed by atoms with Crippen LogP contribution in [0.25, 0.3) is 0 Å². The van der Waals surface area contributed by atoms with Crippen molar-refractivity contribution in [2.75, 3.05) is 39.3 Å². The minimum atomic E-state index is -3.77. The molecule has 2 aliphatic rings. The molecule has 37 heavy (non-hydrogen) atoms. The first-order valence-electron chi connectivity index (χ1n) is 12.2. The highest BCUT2D eigenvalue weighted by molar-refractivity contribution is 7.89. The van der Waals surface area contributed by atoms with Crippen LogP contribution in [-0.4, -0.2) is 58.3 Å². The Kier molecular flexibility index (Phi) is 6.86. The van der Waals surface area contributed by atoms with Crippen molar-refractivity contribution in [2.24, 2.45) is 5.92 Å². The van der Waals surface area contributed by atoms with Gasteiger partial charge in [-0.1, -0.05) is 11.8 Å². The lowest BCUT2D eigenvalue weighted by molar-refractivity contribution is 0.193. The van der Waals surface area contributed by atoms with Gasteiger partial charge in [0.25, 0.3) is 0 Å². The largest absolute Gasteiger partial charge is 0.497 e. The molecule has 0 spiro atoms. The first kappa shape index (κ1) is 25.2. The van der Waals surface area contributed by atoms with E-state index < -0.39 is 16.1 Å². The van der Waals surface area contributed by atoms with E-state index in [2.05, 4.69) is 16.7 Å². The second-order valence-corrected chi connectivity index (χ2v) is 11.2. The maximum absolute atomic E-state index is 13.8. The summed E-state index contributed by atoms with van der Waals surface area (Å²) >= 11 is 0. The Balaban J connectivity index is 1.54. The topological polar surface area (TPSA) is 79.3 Å².